The summed E-state index contributed by atoms with van der Waals surface area (Å²) in [6.07, 6.45) is -3.84. The lowest BCUT2D eigenvalue weighted by Gasteiger charge is -2.14. The molecule has 0 spiro atoms. The van der Waals surface area contributed by atoms with Gasteiger partial charge in [0.05, 0.1) is 10.5 Å². The van der Waals surface area contributed by atoms with Crippen LogP contribution in [0.15, 0.2) is 23.1 Å². The zero-order chi connectivity index (χ0) is 16.4. The molecule has 1 aromatic carbocycles. The van der Waals surface area contributed by atoms with Crippen LogP contribution in [0.2, 0.25) is 0 Å². The zero-order valence-corrected chi connectivity index (χ0v) is 12.5. The van der Waals surface area contributed by atoms with Gasteiger partial charge in [0, 0.05) is 26.9 Å². The van der Waals surface area contributed by atoms with Crippen molar-refractivity contribution in [2.45, 2.75) is 17.6 Å². The number of urea groups is 1. The normalized spacial score (nSPS) is 12.1. The van der Waals surface area contributed by atoms with Crippen LogP contribution < -0.4 is 5.32 Å². The zero-order valence-electron chi connectivity index (χ0n) is 11.7. The molecule has 0 bridgehead atoms. The minimum absolute atomic E-state index is 0.0560. The van der Waals surface area contributed by atoms with Crippen molar-refractivity contribution >= 4 is 15.9 Å². The van der Waals surface area contributed by atoms with E-state index >= 15 is 0 Å². The number of carbonyl (C=O) groups is 1. The number of rotatable bonds is 3. The number of nitrogens with one attached hydrogen (secondary N) is 1. The number of nitrogens with zero attached hydrogens (tertiary/aromatic N) is 1. The van der Waals surface area contributed by atoms with Gasteiger partial charge in [0.25, 0.3) is 0 Å². The Labute approximate surface area is 120 Å². The van der Waals surface area contributed by atoms with Crippen LogP contribution >= 0.6 is 0 Å². The highest BCUT2D eigenvalue weighted by Crippen LogP contribution is 2.31. The average Bonchev–Trinajstić information content (AvgIpc) is 2.33. The summed E-state index contributed by atoms with van der Waals surface area (Å²) in [5.41, 5.74) is -1.01. The van der Waals surface area contributed by atoms with Crippen molar-refractivity contribution in [3.05, 3.63) is 29.3 Å². The molecule has 0 fully saturated rings. The van der Waals surface area contributed by atoms with Crippen LogP contribution in [0.5, 0.6) is 0 Å². The second-order valence-corrected chi connectivity index (χ2v) is 6.70. The molecule has 0 saturated carbocycles. The van der Waals surface area contributed by atoms with Crippen LogP contribution in [0.25, 0.3) is 0 Å². The summed E-state index contributed by atoms with van der Waals surface area (Å²) in [6.45, 7) is -0.205. The smallest absolute Gasteiger partial charge is 0.334 e. The van der Waals surface area contributed by atoms with Crippen LogP contribution in [-0.4, -0.2) is 39.7 Å². The Bertz CT molecular complexity index is 640. The first-order valence-electron chi connectivity index (χ1n) is 5.77. The highest BCUT2D eigenvalue weighted by Gasteiger charge is 2.32. The summed E-state index contributed by atoms with van der Waals surface area (Å²) in [4.78, 5) is 12.1. The molecule has 118 valence electrons. The van der Waals surface area contributed by atoms with E-state index < -0.39 is 32.5 Å². The number of amides is 2. The molecular formula is C12H15F3N2O3S. The Kier molecular flexibility index (Phi) is 4.87. The minimum atomic E-state index is -4.67. The van der Waals surface area contributed by atoms with Gasteiger partial charge in [0.1, 0.15) is 0 Å². The summed E-state index contributed by atoms with van der Waals surface area (Å²) in [6, 6.07) is 2.01. The molecule has 5 nitrogen and oxygen atoms in total. The Morgan fingerprint density at radius 2 is 1.81 bits per heavy atom. The SMILES string of the molecule is CN(C)C(=O)NCc1cc(C(F)(F)F)cc(S(C)(=O)=O)c1. The van der Waals surface area contributed by atoms with Crippen LogP contribution in [-0.2, 0) is 22.6 Å². The second-order valence-electron chi connectivity index (χ2n) is 4.69. The van der Waals surface area contributed by atoms with E-state index in [1.54, 1.807) is 0 Å². The topological polar surface area (TPSA) is 66.5 Å². The summed E-state index contributed by atoms with van der Waals surface area (Å²) in [5, 5.41) is 2.38. The van der Waals surface area contributed by atoms with Gasteiger partial charge >= 0.3 is 12.2 Å². The van der Waals surface area contributed by atoms with Gasteiger partial charge in [0.2, 0.25) is 0 Å². The number of benzene rings is 1. The third kappa shape index (κ3) is 4.92. The molecule has 0 saturated heterocycles. The molecule has 0 heterocycles. The molecule has 2 amide bonds. The molecule has 1 rings (SSSR count). The molecule has 0 atom stereocenters. The maximum absolute atomic E-state index is 12.8. The highest BCUT2D eigenvalue weighted by molar-refractivity contribution is 7.90. The first kappa shape index (κ1) is 17.3. The molecule has 1 N–H and O–H groups in total. The van der Waals surface area contributed by atoms with Gasteiger partial charge in [0.15, 0.2) is 9.84 Å². The number of hydrogen-bond acceptors (Lipinski definition) is 3. The van der Waals surface area contributed by atoms with Crippen molar-refractivity contribution in [1.29, 1.82) is 0 Å². The van der Waals surface area contributed by atoms with E-state index in [0.29, 0.717) is 6.07 Å². The van der Waals surface area contributed by atoms with Crippen LogP contribution in [0, 0.1) is 0 Å². The molecule has 0 unspecified atom stereocenters. The van der Waals surface area contributed by atoms with Crippen LogP contribution in [0.4, 0.5) is 18.0 Å². The molecule has 0 aliphatic rings. The largest absolute Gasteiger partial charge is 0.416 e. The Balaban J connectivity index is 3.18. The van der Waals surface area contributed by atoms with Crippen LogP contribution in [0.1, 0.15) is 11.1 Å². The number of hydrogen-bond donors (Lipinski definition) is 1. The van der Waals surface area contributed by atoms with Crippen molar-refractivity contribution in [3.63, 3.8) is 0 Å². The van der Waals surface area contributed by atoms with Gasteiger partial charge in [-0.1, -0.05) is 0 Å². The van der Waals surface area contributed by atoms with E-state index in [9.17, 15) is 26.4 Å². The highest BCUT2D eigenvalue weighted by atomic mass is 32.2. The van der Waals surface area contributed by atoms with Gasteiger partial charge < -0.3 is 10.2 Å². The van der Waals surface area contributed by atoms with Crippen molar-refractivity contribution in [1.82, 2.24) is 10.2 Å². The van der Waals surface area contributed by atoms with Crippen molar-refractivity contribution in [2.75, 3.05) is 20.4 Å². The Hall–Kier alpha value is -1.77. The molecule has 21 heavy (non-hydrogen) atoms. The molecule has 0 aliphatic heterocycles. The average molecular weight is 324 g/mol. The lowest BCUT2D eigenvalue weighted by atomic mass is 10.1. The maximum atomic E-state index is 12.8. The first-order chi connectivity index (χ1) is 9.41. The van der Waals surface area contributed by atoms with Crippen LogP contribution in [0.3, 0.4) is 0 Å². The lowest BCUT2D eigenvalue weighted by Crippen LogP contribution is -2.34. The van der Waals surface area contributed by atoms with E-state index in [-0.39, 0.29) is 12.1 Å². The standard InChI is InChI=1S/C12H15F3N2O3S/c1-17(2)11(18)16-7-8-4-9(12(13,14)15)6-10(5-8)21(3,19)20/h4-6H,7H2,1-3H3,(H,16,18). The molecule has 0 radical (unpaired) electrons. The van der Waals surface area contributed by atoms with Gasteiger partial charge in [-0.3, -0.25) is 0 Å². The van der Waals surface area contributed by atoms with Gasteiger partial charge in [-0.15, -0.1) is 0 Å². The predicted octanol–water partition coefficient (Wildman–Crippen LogP) is 1.88. The predicted molar refractivity (Wildman–Crippen MR) is 70.5 cm³/mol. The fourth-order valence-electron chi connectivity index (χ4n) is 1.48. The quantitative estimate of drug-likeness (QED) is 0.923. The summed E-state index contributed by atoms with van der Waals surface area (Å²) in [5.74, 6) is 0. The van der Waals surface area contributed by atoms with E-state index in [4.69, 9.17) is 0 Å². The fraction of sp³-hybridized carbons (Fsp3) is 0.417. The number of alkyl halides is 3. The maximum Gasteiger partial charge on any atom is 0.416 e. The molecule has 9 heteroatoms. The van der Waals surface area contributed by atoms with Gasteiger partial charge in [-0.05, 0) is 23.8 Å². The number of sulfone groups is 1. The van der Waals surface area contributed by atoms with Gasteiger partial charge in [-0.25, -0.2) is 13.2 Å². The van der Waals surface area contributed by atoms with E-state index in [2.05, 4.69) is 5.32 Å². The van der Waals surface area contributed by atoms with Crippen molar-refractivity contribution in [3.8, 4) is 0 Å². The molecular weight excluding hydrogens is 309 g/mol. The lowest BCUT2D eigenvalue weighted by molar-refractivity contribution is -0.137. The summed E-state index contributed by atoms with van der Waals surface area (Å²) < 4.78 is 61.2. The Morgan fingerprint density at radius 3 is 2.24 bits per heavy atom. The van der Waals surface area contributed by atoms with Crippen molar-refractivity contribution < 1.29 is 26.4 Å². The van der Waals surface area contributed by atoms with E-state index in [1.807, 2.05) is 0 Å². The van der Waals surface area contributed by atoms with E-state index in [0.717, 1.165) is 18.4 Å². The minimum Gasteiger partial charge on any atom is -0.334 e. The number of halogens is 3. The molecule has 0 aromatic heterocycles. The Morgan fingerprint density at radius 1 is 1.24 bits per heavy atom. The monoisotopic (exact) mass is 324 g/mol. The molecule has 1 aromatic rings. The van der Waals surface area contributed by atoms with E-state index in [1.165, 1.54) is 19.0 Å². The number of carbonyl (C=O) groups excluding carboxylic acids is 1. The molecule has 0 aliphatic carbocycles. The third-order valence-corrected chi connectivity index (χ3v) is 3.66. The fourth-order valence-corrected chi connectivity index (χ4v) is 2.18. The van der Waals surface area contributed by atoms with Gasteiger partial charge in [-0.2, -0.15) is 13.2 Å². The first-order valence-corrected chi connectivity index (χ1v) is 7.67. The second kappa shape index (κ2) is 5.92. The summed E-state index contributed by atoms with van der Waals surface area (Å²) in [7, 11) is -0.835. The summed E-state index contributed by atoms with van der Waals surface area (Å²) >= 11 is 0. The van der Waals surface area contributed by atoms with Crippen molar-refractivity contribution in [2.24, 2.45) is 0 Å². The third-order valence-electron chi connectivity index (χ3n) is 2.57.